The molecule has 0 fully saturated rings. The summed E-state index contributed by atoms with van der Waals surface area (Å²) in [4.78, 5) is 17.2. The highest BCUT2D eigenvalue weighted by atomic mass is 19.1. The normalized spacial score (nSPS) is 10.8. The van der Waals surface area contributed by atoms with Crippen LogP contribution in [0.2, 0.25) is 0 Å². The van der Waals surface area contributed by atoms with Crippen molar-refractivity contribution in [2.45, 2.75) is 13.2 Å². The Labute approximate surface area is 205 Å². The molecule has 0 spiro atoms. The summed E-state index contributed by atoms with van der Waals surface area (Å²) >= 11 is 0. The van der Waals surface area contributed by atoms with Crippen LogP contribution in [0.4, 0.5) is 10.1 Å². The van der Waals surface area contributed by atoms with Gasteiger partial charge in [-0.2, -0.15) is 15.6 Å². The van der Waals surface area contributed by atoms with Gasteiger partial charge in [0, 0.05) is 11.3 Å². The Kier molecular flexibility index (Phi) is 6.42. The van der Waals surface area contributed by atoms with Gasteiger partial charge in [0.1, 0.15) is 11.3 Å². The van der Waals surface area contributed by atoms with Gasteiger partial charge in [0.25, 0.3) is 5.91 Å². The Balaban J connectivity index is 1.23. The van der Waals surface area contributed by atoms with E-state index in [-0.39, 0.29) is 5.56 Å². The molecule has 0 aliphatic rings. The van der Waals surface area contributed by atoms with Gasteiger partial charge in [-0.05, 0) is 65.7 Å². The van der Waals surface area contributed by atoms with Crippen LogP contribution in [0.25, 0.3) is 22.4 Å². The molecule has 9 heteroatoms. The summed E-state index contributed by atoms with van der Waals surface area (Å²) in [6.07, 6.45) is 0. The van der Waals surface area contributed by atoms with Crippen LogP contribution in [-0.2, 0) is 18.0 Å². The van der Waals surface area contributed by atoms with E-state index in [1.54, 1.807) is 42.5 Å². The number of nitriles is 1. The molecule has 0 atom stereocenters. The van der Waals surface area contributed by atoms with Crippen LogP contribution in [0.1, 0.15) is 27.0 Å². The molecule has 2 aromatic heterocycles. The van der Waals surface area contributed by atoms with Crippen molar-refractivity contribution in [1.29, 1.82) is 5.26 Å². The molecule has 5 aromatic rings. The van der Waals surface area contributed by atoms with Crippen molar-refractivity contribution in [2.75, 3.05) is 5.32 Å². The number of hydrogen-bond acceptors (Lipinski definition) is 6. The molecule has 176 valence electrons. The molecule has 0 aliphatic heterocycles. The molecule has 0 radical (unpaired) electrons. The Morgan fingerprint density at radius 1 is 0.972 bits per heavy atom. The van der Waals surface area contributed by atoms with Crippen LogP contribution in [-0.4, -0.2) is 26.3 Å². The van der Waals surface area contributed by atoms with E-state index < -0.39 is 11.7 Å². The number of fused-ring (bicyclic) bond motifs is 1. The number of anilines is 1. The second-order valence-corrected chi connectivity index (χ2v) is 8.01. The SMILES string of the molecule is N#Cc1cccc(COCc2ccc(NC(=O)c3cc(-c4ccc5n[nH]nc5n4)ccc3F)cc2)c1. The summed E-state index contributed by atoms with van der Waals surface area (Å²) < 4.78 is 20.2. The van der Waals surface area contributed by atoms with Crippen LogP contribution in [0.15, 0.2) is 78.9 Å². The summed E-state index contributed by atoms with van der Waals surface area (Å²) in [5, 5.41) is 22.1. The summed E-state index contributed by atoms with van der Waals surface area (Å²) in [5.41, 5.74) is 5.02. The Bertz CT molecular complexity index is 1590. The van der Waals surface area contributed by atoms with Crippen LogP contribution < -0.4 is 5.32 Å². The van der Waals surface area contributed by atoms with Crippen LogP contribution in [0.5, 0.6) is 0 Å². The largest absolute Gasteiger partial charge is 0.372 e. The lowest BCUT2D eigenvalue weighted by molar-refractivity contribution is 0.102. The summed E-state index contributed by atoms with van der Waals surface area (Å²) in [5.74, 6) is -1.21. The van der Waals surface area contributed by atoms with E-state index in [1.165, 1.54) is 12.1 Å². The zero-order valence-electron chi connectivity index (χ0n) is 18.9. The third kappa shape index (κ3) is 5.09. The predicted octanol–water partition coefficient (Wildman–Crippen LogP) is 5.00. The number of rotatable bonds is 7. The number of halogens is 1. The van der Waals surface area contributed by atoms with Gasteiger partial charge in [0.15, 0.2) is 0 Å². The van der Waals surface area contributed by atoms with Gasteiger partial charge >= 0.3 is 0 Å². The maximum absolute atomic E-state index is 14.5. The second kappa shape index (κ2) is 10.1. The van der Waals surface area contributed by atoms with Crippen molar-refractivity contribution in [3.8, 4) is 17.3 Å². The third-order valence-corrected chi connectivity index (χ3v) is 5.49. The topological polar surface area (TPSA) is 117 Å². The monoisotopic (exact) mass is 478 g/mol. The first-order chi connectivity index (χ1) is 17.6. The van der Waals surface area contributed by atoms with Gasteiger partial charge in [-0.3, -0.25) is 4.79 Å². The first-order valence-corrected chi connectivity index (χ1v) is 11.0. The Morgan fingerprint density at radius 3 is 2.64 bits per heavy atom. The zero-order valence-corrected chi connectivity index (χ0v) is 18.9. The van der Waals surface area contributed by atoms with Crippen LogP contribution in [0, 0.1) is 17.1 Å². The van der Waals surface area contributed by atoms with Crippen LogP contribution >= 0.6 is 0 Å². The maximum atomic E-state index is 14.5. The molecule has 0 aliphatic carbocycles. The number of hydrogen-bond donors (Lipinski definition) is 2. The van der Waals surface area contributed by atoms with Gasteiger partial charge in [-0.25, -0.2) is 9.37 Å². The zero-order chi connectivity index (χ0) is 24.9. The fraction of sp³-hybridized carbons (Fsp3) is 0.0741. The minimum atomic E-state index is -0.635. The molecule has 36 heavy (non-hydrogen) atoms. The number of pyridine rings is 1. The maximum Gasteiger partial charge on any atom is 0.258 e. The minimum absolute atomic E-state index is 0.0958. The smallest absolute Gasteiger partial charge is 0.258 e. The molecule has 0 bridgehead atoms. The van der Waals surface area contributed by atoms with Crippen molar-refractivity contribution in [3.05, 3.63) is 107 Å². The van der Waals surface area contributed by atoms with Crippen molar-refractivity contribution in [1.82, 2.24) is 20.4 Å². The van der Waals surface area contributed by atoms with Crippen molar-refractivity contribution < 1.29 is 13.9 Å². The quantitative estimate of drug-likeness (QED) is 0.340. The van der Waals surface area contributed by atoms with Gasteiger partial charge in [-0.1, -0.05) is 24.3 Å². The molecule has 0 saturated heterocycles. The minimum Gasteiger partial charge on any atom is -0.372 e. The average molecular weight is 478 g/mol. The number of amides is 1. The molecule has 0 unspecified atom stereocenters. The molecule has 2 N–H and O–H groups in total. The average Bonchev–Trinajstić information content (AvgIpc) is 3.38. The number of carbonyl (C=O) groups is 1. The highest BCUT2D eigenvalue weighted by Crippen LogP contribution is 2.23. The molecule has 3 aromatic carbocycles. The number of aromatic nitrogens is 4. The highest BCUT2D eigenvalue weighted by Gasteiger charge is 2.15. The molecular formula is C27H19FN6O2. The van der Waals surface area contributed by atoms with E-state index >= 15 is 0 Å². The standard InChI is InChI=1S/C27H19FN6O2/c28-23-9-6-20(24-10-11-25-26(31-24)33-34-32-25)13-22(23)27(35)30-21-7-4-17(5-8-21)15-36-16-19-3-1-2-18(12-19)14-29/h1-13H,15-16H2,(H,30,35)(H,31,32,33,34). The number of H-pyrrole nitrogens is 1. The van der Waals surface area contributed by atoms with Gasteiger partial charge in [-0.15, -0.1) is 5.10 Å². The molecular weight excluding hydrogens is 459 g/mol. The fourth-order valence-electron chi connectivity index (χ4n) is 3.66. The van der Waals surface area contributed by atoms with Gasteiger partial charge in [0.2, 0.25) is 5.65 Å². The van der Waals surface area contributed by atoms with E-state index in [2.05, 4.69) is 31.8 Å². The van der Waals surface area contributed by atoms with E-state index in [4.69, 9.17) is 10.00 Å². The number of ether oxygens (including phenoxy) is 1. The van der Waals surface area contributed by atoms with E-state index in [0.717, 1.165) is 11.1 Å². The van der Waals surface area contributed by atoms with Crippen molar-refractivity contribution in [3.63, 3.8) is 0 Å². The first kappa shape index (κ1) is 22.8. The summed E-state index contributed by atoms with van der Waals surface area (Å²) in [7, 11) is 0. The van der Waals surface area contributed by atoms with Gasteiger partial charge in [0.05, 0.1) is 36.1 Å². The van der Waals surface area contributed by atoms with Crippen molar-refractivity contribution >= 4 is 22.8 Å². The van der Waals surface area contributed by atoms with Crippen molar-refractivity contribution in [2.24, 2.45) is 0 Å². The van der Waals surface area contributed by atoms with E-state index in [1.807, 2.05) is 24.3 Å². The number of nitrogens with zero attached hydrogens (tertiary/aromatic N) is 4. The number of benzene rings is 3. The van der Waals surface area contributed by atoms with E-state index in [9.17, 15) is 9.18 Å². The number of nitrogens with one attached hydrogen (secondary N) is 2. The molecule has 1 amide bonds. The molecule has 2 heterocycles. The number of carbonyl (C=O) groups excluding carboxylic acids is 1. The molecule has 5 rings (SSSR count). The summed E-state index contributed by atoms with van der Waals surface area (Å²) in [6, 6.07) is 24.2. The molecule has 0 saturated carbocycles. The first-order valence-electron chi connectivity index (χ1n) is 11.0. The molecule has 8 nitrogen and oxygen atoms in total. The third-order valence-electron chi connectivity index (χ3n) is 5.49. The summed E-state index contributed by atoms with van der Waals surface area (Å²) in [6.45, 7) is 0.743. The predicted molar refractivity (Wildman–Crippen MR) is 131 cm³/mol. The lowest BCUT2D eigenvalue weighted by Crippen LogP contribution is -2.14. The van der Waals surface area contributed by atoms with E-state index in [0.29, 0.717) is 46.9 Å². The van der Waals surface area contributed by atoms with Gasteiger partial charge < -0.3 is 10.1 Å². The Hall–Kier alpha value is -4.94. The second-order valence-electron chi connectivity index (χ2n) is 8.01. The lowest BCUT2D eigenvalue weighted by Gasteiger charge is -2.09. The number of aromatic amines is 1. The lowest BCUT2D eigenvalue weighted by atomic mass is 10.1. The highest BCUT2D eigenvalue weighted by molar-refractivity contribution is 6.05. The Morgan fingerprint density at radius 2 is 1.81 bits per heavy atom. The van der Waals surface area contributed by atoms with Crippen LogP contribution in [0.3, 0.4) is 0 Å². The fourth-order valence-corrected chi connectivity index (χ4v) is 3.66.